The average molecular weight is 405 g/mol. The summed E-state index contributed by atoms with van der Waals surface area (Å²) in [6, 6.07) is 14.0. The summed E-state index contributed by atoms with van der Waals surface area (Å²) in [6.45, 7) is 4.10. The van der Waals surface area contributed by atoms with E-state index in [9.17, 15) is 0 Å². The predicted molar refractivity (Wildman–Crippen MR) is 121 cm³/mol. The number of hydrogen-bond donors (Lipinski definition) is 2. The largest absolute Gasteiger partial charge is 0.369 e. The number of pyridine rings is 1. The highest BCUT2D eigenvalue weighted by Gasteiger charge is 2.31. The van der Waals surface area contributed by atoms with E-state index in [1.807, 2.05) is 24.5 Å². The maximum Gasteiger partial charge on any atom is 0.173 e. The number of anilines is 2. The summed E-state index contributed by atoms with van der Waals surface area (Å²) < 4.78 is 0. The second kappa shape index (κ2) is 8.10. The van der Waals surface area contributed by atoms with Crippen LogP contribution in [0.4, 0.5) is 11.4 Å². The zero-order valence-electron chi connectivity index (χ0n) is 16.6. The smallest absolute Gasteiger partial charge is 0.173 e. The molecular weight excluding hydrogens is 380 g/mol. The third kappa shape index (κ3) is 3.89. The lowest BCUT2D eigenvalue weighted by Crippen LogP contribution is -2.53. The fourth-order valence-corrected chi connectivity index (χ4v) is 4.28. The standard InChI is InChI=1S/C22H24N6S/c1-15-9-12-28(22(29)26-17-5-3-16(13-23)4-6-17)14-20(15)27(2)19-8-11-25-21-18(19)7-10-24-21/h3-8,10-11,15,20H,9,12,14H2,1-2H3,(H,24,25)(H,26,29)/t15-,20?/m1/s1. The molecule has 1 unspecified atom stereocenters. The number of nitriles is 1. The molecule has 1 saturated heterocycles. The average Bonchev–Trinajstić information content (AvgIpc) is 3.23. The molecule has 0 saturated carbocycles. The number of nitrogens with zero attached hydrogens (tertiary/aromatic N) is 4. The van der Waals surface area contributed by atoms with Crippen LogP contribution in [0, 0.1) is 17.2 Å². The summed E-state index contributed by atoms with van der Waals surface area (Å²) in [6.07, 6.45) is 4.86. The maximum absolute atomic E-state index is 8.95. The van der Waals surface area contributed by atoms with Crippen LogP contribution in [-0.4, -0.2) is 46.2 Å². The van der Waals surface area contributed by atoms with Crippen molar-refractivity contribution >= 4 is 39.7 Å². The van der Waals surface area contributed by atoms with Gasteiger partial charge in [-0.05, 0) is 61.0 Å². The van der Waals surface area contributed by atoms with Crippen molar-refractivity contribution in [3.8, 4) is 6.07 Å². The fourth-order valence-electron chi connectivity index (χ4n) is 4.00. The van der Waals surface area contributed by atoms with E-state index in [-0.39, 0.29) is 0 Å². The molecule has 4 rings (SSSR count). The van der Waals surface area contributed by atoms with Gasteiger partial charge in [-0.2, -0.15) is 5.26 Å². The van der Waals surface area contributed by atoms with Gasteiger partial charge in [-0.3, -0.25) is 0 Å². The molecule has 3 aromatic rings. The maximum atomic E-state index is 8.95. The van der Waals surface area contributed by atoms with Crippen molar-refractivity contribution in [1.82, 2.24) is 14.9 Å². The molecule has 1 fully saturated rings. The number of fused-ring (bicyclic) bond motifs is 1. The normalized spacial score (nSPS) is 19.0. The molecule has 2 atom stereocenters. The first-order valence-corrected chi connectivity index (χ1v) is 10.2. The number of nitrogens with one attached hydrogen (secondary N) is 2. The van der Waals surface area contributed by atoms with Gasteiger partial charge in [0.15, 0.2) is 5.11 Å². The van der Waals surface area contributed by atoms with E-state index in [2.05, 4.69) is 57.3 Å². The lowest BCUT2D eigenvalue weighted by atomic mass is 9.92. The minimum absolute atomic E-state index is 0.338. The van der Waals surface area contributed by atoms with Crippen molar-refractivity contribution in [2.45, 2.75) is 19.4 Å². The molecule has 2 N–H and O–H groups in total. The Labute approximate surface area is 176 Å². The van der Waals surface area contributed by atoms with Gasteiger partial charge in [0.05, 0.1) is 11.6 Å². The van der Waals surface area contributed by atoms with Crippen LogP contribution in [-0.2, 0) is 0 Å². The molecule has 7 heteroatoms. The van der Waals surface area contributed by atoms with Crippen LogP contribution < -0.4 is 10.2 Å². The molecule has 0 spiro atoms. The number of rotatable bonds is 3. The molecule has 3 heterocycles. The quantitative estimate of drug-likeness (QED) is 0.644. The van der Waals surface area contributed by atoms with E-state index >= 15 is 0 Å². The molecule has 0 amide bonds. The second-order valence-corrected chi connectivity index (χ2v) is 7.97. The molecule has 6 nitrogen and oxygen atoms in total. The zero-order chi connectivity index (χ0) is 20.4. The van der Waals surface area contributed by atoms with Gasteiger partial charge in [0.1, 0.15) is 5.65 Å². The number of hydrogen-bond acceptors (Lipinski definition) is 4. The summed E-state index contributed by atoms with van der Waals surface area (Å²) in [4.78, 5) is 12.2. The van der Waals surface area contributed by atoms with Gasteiger partial charge in [0.2, 0.25) is 0 Å². The van der Waals surface area contributed by atoms with Crippen LogP contribution >= 0.6 is 12.2 Å². The van der Waals surface area contributed by atoms with Crippen LogP contribution in [0.15, 0.2) is 48.8 Å². The van der Waals surface area contributed by atoms with E-state index < -0.39 is 0 Å². The van der Waals surface area contributed by atoms with Crippen molar-refractivity contribution < 1.29 is 0 Å². The Morgan fingerprint density at radius 1 is 1.31 bits per heavy atom. The first-order valence-electron chi connectivity index (χ1n) is 9.78. The molecule has 29 heavy (non-hydrogen) atoms. The van der Waals surface area contributed by atoms with Crippen LogP contribution in [0.1, 0.15) is 18.9 Å². The third-order valence-electron chi connectivity index (χ3n) is 5.79. The van der Waals surface area contributed by atoms with E-state index in [0.717, 1.165) is 41.3 Å². The highest BCUT2D eigenvalue weighted by atomic mass is 32.1. The molecule has 0 aliphatic carbocycles. The van der Waals surface area contributed by atoms with E-state index in [1.54, 1.807) is 12.1 Å². The number of benzene rings is 1. The van der Waals surface area contributed by atoms with Gasteiger partial charge in [-0.1, -0.05) is 6.92 Å². The summed E-state index contributed by atoms with van der Waals surface area (Å²) in [5.74, 6) is 0.552. The van der Waals surface area contributed by atoms with Crippen molar-refractivity contribution in [3.05, 3.63) is 54.4 Å². The van der Waals surface area contributed by atoms with Crippen molar-refractivity contribution in [2.75, 3.05) is 30.4 Å². The Bertz CT molecular complexity index is 1050. The highest BCUT2D eigenvalue weighted by Crippen LogP contribution is 2.30. The fraction of sp³-hybridized carbons (Fsp3) is 0.318. The summed E-state index contributed by atoms with van der Waals surface area (Å²) in [7, 11) is 2.16. The summed E-state index contributed by atoms with van der Waals surface area (Å²) in [5.41, 5.74) is 3.64. The van der Waals surface area contributed by atoms with E-state index in [4.69, 9.17) is 17.5 Å². The molecule has 2 aromatic heterocycles. The van der Waals surface area contributed by atoms with Gasteiger partial charge < -0.3 is 20.1 Å². The molecule has 0 bridgehead atoms. The Kier molecular flexibility index (Phi) is 5.36. The molecule has 0 radical (unpaired) electrons. The topological polar surface area (TPSA) is 71.0 Å². The Morgan fingerprint density at radius 3 is 2.86 bits per heavy atom. The number of piperidine rings is 1. The van der Waals surface area contributed by atoms with Gasteiger partial charge in [-0.25, -0.2) is 4.98 Å². The molecule has 1 aliphatic heterocycles. The van der Waals surface area contributed by atoms with E-state index in [1.165, 1.54) is 5.69 Å². The Morgan fingerprint density at radius 2 is 2.10 bits per heavy atom. The summed E-state index contributed by atoms with van der Waals surface area (Å²) in [5, 5.41) is 14.1. The number of aromatic amines is 1. The number of thiocarbonyl (C=S) groups is 1. The van der Waals surface area contributed by atoms with Crippen LogP contribution in [0.5, 0.6) is 0 Å². The zero-order valence-corrected chi connectivity index (χ0v) is 17.4. The lowest BCUT2D eigenvalue weighted by molar-refractivity contribution is 0.242. The van der Waals surface area contributed by atoms with E-state index in [0.29, 0.717) is 17.5 Å². The predicted octanol–water partition coefficient (Wildman–Crippen LogP) is 3.98. The van der Waals surface area contributed by atoms with Crippen molar-refractivity contribution in [2.24, 2.45) is 5.92 Å². The van der Waals surface area contributed by atoms with Crippen LogP contribution in [0.3, 0.4) is 0 Å². The number of H-pyrrole nitrogens is 1. The Hall–Kier alpha value is -3.11. The molecule has 148 valence electrons. The SMILES string of the molecule is C[C@@H]1CCN(C(=S)Nc2ccc(C#N)cc2)CC1N(C)c1ccnc2[nH]ccc12. The summed E-state index contributed by atoms with van der Waals surface area (Å²) >= 11 is 5.69. The lowest BCUT2D eigenvalue weighted by Gasteiger charge is -2.43. The highest BCUT2D eigenvalue weighted by molar-refractivity contribution is 7.80. The van der Waals surface area contributed by atoms with Gasteiger partial charge in [-0.15, -0.1) is 0 Å². The second-order valence-electron chi connectivity index (χ2n) is 7.58. The third-order valence-corrected chi connectivity index (χ3v) is 6.15. The van der Waals surface area contributed by atoms with Crippen molar-refractivity contribution in [1.29, 1.82) is 5.26 Å². The molecule has 1 aromatic carbocycles. The van der Waals surface area contributed by atoms with Crippen LogP contribution in [0.2, 0.25) is 0 Å². The van der Waals surface area contributed by atoms with Gasteiger partial charge >= 0.3 is 0 Å². The number of likely N-dealkylation sites (N-methyl/N-ethyl adjacent to an activating group) is 1. The molecule has 1 aliphatic rings. The van der Waals surface area contributed by atoms with Crippen LogP contribution in [0.25, 0.3) is 11.0 Å². The Balaban J connectivity index is 1.49. The first kappa shape index (κ1) is 19.2. The first-order chi connectivity index (χ1) is 14.1. The van der Waals surface area contributed by atoms with Gasteiger partial charge in [0, 0.05) is 55.3 Å². The van der Waals surface area contributed by atoms with Gasteiger partial charge in [0.25, 0.3) is 0 Å². The van der Waals surface area contributed by atoms with Crippen molar-refractivity contribution in [3.63, 3.8) is 0 Å². The minimum atomic E-state index is 0.338. The monoisotopic (exact) mass is 404 g/mol. The molecular formula is C22H24N6S. The number of aromatic nitrogens is 2. The minimum Gasteiger partial charge on any atom is -0.369 e. The number of likely N-dealkylation sites (tertiary alicyclic amines) is 1.